The van der Waals surface area contributed by atoms with Crippen LogP contribution in [0, 0.1) is 0 Å². The second-order valence-electron chi connectivity index (χ2n) is 6.51. The maximum Gasteiger partial charge on any atom is 0.154 e. The van der Waals surface area contributed by atoms with Gasteiger partial charge in [0.1, 0.15) is 0 Å². The highest BCUT2D eigenvalue weighted by atomic mass is 32.2. The van der Waals surface area contributed by atoms with Crippen molar-refractivity contribution in [2.45, 2.75) is 51.7 Å². The summed E-state index contributed by atoms with van der Waals surface area (Å²) in [5.74, 6) is 1.07. The summed E-state index contributed by atoms with van der Waals surface area (Å²) in [4.78, 5) is 7.75. The van der Waals surface area contributed by atoms with E-state index in [0.29, 0.717) is 6.61 Å². The summed E-state index contributed by atoms with van der Waals surface area (Å²) in [6.07, 6.45) is 4.60. The lowest BCUT2D eigenvalue weighted by molar-refractivity contribution is 0.185. The molecule has 140 valence electrons. The molecule has 2 aliphatic rings. The van der Waals surface area contributed by atoms with Crippen molar-refractivity contribution >= 4 is 28.3 Å². The van der Waals surface area contributed by atoms with E-state index in [4.69, 9.17) is 15.5 Å². The van der Waals surface area contributed by atoms with Gasteiger partial charge in [0.05, 0.1) is 12.1 Å². The molecule has 1 aliphatic carbocycles. The quantitative estimate of drug-likeness (QED) is 0.747. The molecule has 1 aromatic carbocycles. The van der Waals surface area contributed by atoms with Gasteiger partial charge in [-0.1, -0.05) is 43.8 Å². The van der Waals surface area contributed by atoms with Gasteiger partial charge in [-0.3, -0.25) is 4.99 Å². The van der Waals surface area contributed by atoms with Crippen LogP contribution in [0.4, 0.5) is 0 Å². The van der Waals surface area contributed by atoms with Crippen LogP contribution in [0.15, 0.2) is 35.3 Å². The molecule has 2 N–H and O–H groups in total. The van der Waals surface area contributed by atoms with Gasteiger partial charge >= 0.3 is 0 Å². The molecular formula is C21H28N2OS2. The first-order valence-corrected chi connectivity index (χ1v) is 11.2. The number of hydrogen-bond donors (Lipinski definition) is 1. The number of ether oxygens (including phenoxy) is 1. The molecule has 1 unspecified atom stereocenters. The Labute approximate surface area is 165 Å². The highest BCUT2D eigenvalue weighted by molar-refractivity contribution is 8.13. The van der Waals surface area contributed by atoms with Gasteiger partial charge in [-0.15, -0.1) is 11.3 Å². The molecule has 0 fully saturated rings. The van der Waals surface area contributed by atoms with Gasteiger partial charge < -0.3 is 10.5 Å². The maximum atomic E-state index is 6.07. The minimum Gasteiger partial charge on any atom is -0.380 e. The number of benzene rings is 1. The van der Waals surface area contributed by atoms with Crippen LogP contribution in [0.3, 0.4) is 0 Å². The molecule has 5 heteroatoms. The minimum atomic E-state index is -0.0677. The zero-order chi connectivity index (χ0) is 18.6. The fourth-order valence-corrected chi connectivity index (χ4v) is 5.99. The maximum absolute atomic E-state index is 6.07. The Morgan fingerprint density at radius 1 is 1.23 bits per heavy atom. The lowest BCUT2D eigenvalue weighted by atomic mass is 9.78. The number of aryl methyl sites for hydroxylation is 1. The van der Waals surface area contributed by atoms with Crippen LogP contribution >= 0.6 is 23.1 Å². The van der Waals surface area contributed by atoms with E-state index >= 15 is 0 Å². The van der Waals surface area contributed by atoms with E-state index in [2.05, 4.69) is 30.3 Å². The highest BCUT2D eigenvalue weighted by Crippen LogP contribution is 2.48. The molecule has 1 aromatic heterocycles. The monoisotopic (exact) mass is 388 g/mol. The molecule has 0 saturated heterocycles. The largest absolute Gasteiger partial charge is 0.380 e. The number of thiophene rings is 1. The molecule has 1 spiro atoms. The minimum absolute atomic E-state index is 0.0677. The lowest BCUT2D eigenvalue weighted by Crippen LogP contribution is -2.34. The van der Waals surface area contributed by atoms with Crippen molar-refractivity contribution in [2.24, 2.45) is 10.7 Å². The van der Waals surface area contributed by atoms with Crippen molar-refractivity contribution in [1.29, 1.82) is 0 Å². The highest BCUT2D eigenvalue weighted by Gasteiger charge is 2.39. The first-order chi connectivity index (χ1) is 12.7. The molecule has 3 nitrogen and oxygen atoms in total. The predicted octanol–water partition coefficient (Wildman–Crippen LogP) is 5.57. The summed E-state index contributed by atoms with van der Waals surface area (Å²) in [6.45, 7) is 4.65. The molecule has 26 heavy (non-hydrogen) atoms. The summed E-state index contributed by atoms with van der Waals surface area (Å²) < 4.78 is 5.27. The van der Waals surface area contributed by atoms with E-state index in [1.165, 1.54) is 39.3 Å². The summed E-state index contributed by atoms with van der Waals surface area (Å²) in [7, 11) is 1.74. The Balaban J connectivity index is 0.000000948. The van der Waals surface area contributed by atoms with E-state index in [9.17, 15) is 0 Å². The van der Waals surface area contributed by atoms with Crippen molar-refractivity contribution < 1.29 is 4.74 Å². The first-order valence-electron chi connectivity index (χ1n) is 9.40. The second kappa shape index (κ2) is 8.59. The number of aliphatic imine (C=N–C) groups is 1. The Hall–Kier alpha value is -1.30. The third-order valence-electron chi connectivity index (χ3n) is 4.92. The van der Waals surface area contributed by atoms with Gasteiger partial charge in [0.15, 0.2) is 5.17 Å². The lowest BCUT2D eigenvalue weighted by Gasteiger charge is -2.36. The summed E-state index contributed by atoms with van der Waals surface area (Å²) in [6, 6.07) is 11.0. The Kier molecular flexibility index (Phi) is 6.43. The number of nitrogens with two attached hydrogens (primary N) is 1. The van der Waals surface area contributed by atoms with Gasteiger partial charge in [0.2, 0.25) is 0 Å². The number of rotatable bonds is 3. The topological polar surface area (TPSA) is 47.6 Å². The second-order valence-corrected chi connectivity index (χ2v) is 8.77. The molecule has 1 atom stereocenters. The smallest absolute Gasteiger partial charge is 0.154 e. The fraction of sp³-hybridized carbons (Fsp3) is 0.476. The zero-order valence-corrected chi connectivity index (χ0v) is 17.5. The van der Waals surface area contributed by atoms with Crippen molar-refractivity contribution in [3.8, 4) is 10.4 Å². The van der Waals surface area contributed by atoms with Gasteiger partial charge in [0.25, 0.3) is 0 Å². The van der Waals surface area contributed by atoms with Crippen molar-refractivity contribution in [1.82, 2.24) is 0 Å². The standard InChI is InChI=1S/C19H22N2OS2.C2H6/c1-22-12-13-4-2-5-14(10-13)17-11-15-16(24-17)6-3-7-19(15)8-9-23-18(20)21-19;1-2/h2,4-5,10-11H,3,6-9,12H2,1H3,(H2,20,21);1-2H3. The van der Waals surface area contributed by atoms with Crippen molar-refractivity contribution in [3.05, 3.63) is 46.3 Å². The number of methoxy groups -OCH3 is 1. The number of fused-ring (bicyclic) bond motifs is 2. The SMILES string of the molecule is CC.COCc1cccc(-c2cc3c(s2)CCCC32CCSC(N)=N2)c1. The van der Waals surface area contributed by atoms with Crippen LogP contribution in [0.2, 0.25) is 0 Å². The fourth-order valence-electron chi connectivity index (χ4n) is 3.81. The molecule has 2 aromatic rings. The number of nitrogens with zero attached hydrogens (tertiary/aromatic N) is 1. The van der Waals surface area contributed by atoms with Crippen LogP contribution in [0.1, 0.15) is 49.1 Å². The van der Waals surface area contributed by atoms with Gasteiger partial charge in [0, 0.05) is 22.6 Å². The molecule has 4 rings (SSSR count). The summed E-state index contributed by atoms with van der Waals surface area (Å²) in [5, 5.41) is 0.754. The molecule has 0 radical (unpaired) electrons. The summed E-state index contributed by atoms with van der Waals surface area (Å²) >= 11 is 3.61. The van der Waals surface area contributed by atoms with E-state index in [0.717, 1.165) is 23.8 Å². The van der Waals surface area contributed by atoms with Gasteiger partial charge in [-0.05, 0) is 54.5 Å². The van der Waals surface area contributed by atoms with E-state index in [1.807, 2.05) is 25.2 Å². The Morgan fingerprint density at radius 3 is 2.85 bits per heavy atom. The first kappa shape index (κ1) is 19.5. The third kappa shape index (κ3) is 3.85. The molecule has 2 heterocycles. The van der Waals surface area contributed by atoms with Gasteiger partial charge in [-0.25, -0.2) is 0 Å². The average Bonchev–Trinajstić information content (AvgIpc) is 3.10. The van der Waals surface area contributed by atoms with Gasteiger partial charge in [-0.2, -0.15) is 0 Å². The number of amidine groups is 1. The molecule has 0 amide bonds. The molecule has 0 saturated carbocycles. The Morgan fingerprint density at radius 2 is 2.08 bits per heavy atom. The molecular weight excluding hydrogens is 360 g/mol. The molecule has 0 bridgehead atoms. The van der Waals surface area contributed by atoms with Crippen LogP contribution < -0.4 is 5.73 Å². The number of thioether (sulfide) groups is 1. The van der Waals surface area contributed by atoms with E-state index in [-0.39, 0.29) is 5.54 Å². The van der Waals surface area contributed by atoms with E-state index in [1.54, 1.807) is 18.9 Å². The van der Waals surface area contributed by atoms with Crippen LogP contribution in [0.25, 0.3) is 10.4 Å². The van der Waals surface area contributed by atoms with E-state index < -0.39 is 0 Å². The predicted molar refractivity (Wildman–Crippen MR) is 115 cm³/mol. The molecule has 1 aliphatic heterocycles. The van der Waals surface area contributed by atoms with Crippen LogP contribution in [-0.2, 0) is 23.3 Å². The van der Waals surface area contributed by atoms with Crippen molar-refractivity contribution in [2.75, 3.05) is 12.9 Å². The van der Waals surface area contributed by atoms with Crippen LogP contribution in [-0.4, -0.2) is 18.0 Å². The zero-order valence-electron chi connectivity index (χ0n) is 15.9. The normalized spacial score (nSPS) is 21.6. The third-order valence-corrected chi connectivity index (χ3v) is 6.96. The average molecular weight is 389 g/mol. The van der Waals surface area contributed by atoms with Crippen LogP contribution in [0.5, 0.6) is 0 Å². The Bertz CT molecular complexity index is 784. The summed E-state index contributed by atoms with van der Waals surface area (Å²) in [5.41, 5.74) is 9.92. The number of hydrogen-bond acceptors (Lipinski definition) is 5. The van der Waals surface area contributed by atoms with Crippen molar-refractivity contribution in [3.63, 3.8) is 0 Å².